The third-order valence-electron chi connectivity index (χ3n) is 4.12. The molecule has 2 heterocycles. The van der Waals surface area contributed by atoms with Crippen molar-refractivity contribution in [1.82, 2.24) is 9.21 Å². The molecule has 2 aliphatic rings. The van der Waals surface area contributed by atoms with E-state index in [-0.39, 0.29) is 11.8 Å². The number of thiophene rings is 1. The van der Waals surface area contributed by atoms with Gasteiger partial charge >= 0.3 is 0 Å². The molecule has 0 spiro atoms. The Bertz CT molecular complexity index is 650. The largest absolute Gasteiger partial charge is 0.340 e. The Balaban J connectivity index is 1.64. The molecule has 1 aromatic rings. The van der Waals surface area contributed by atoms with Gasteiger partial charge in [-0.3, -0.25) is 4.79 Å². The van der Waals surface area contributed by atoms with Gasteiger partial charge in [0, 0.05) is 32.1 Å². The van der Waals surface area contributed by atoms with Crippen molar-refractivity contribution in [2.75, 3.05) is 26.2 Å². The summed E-state index contributed by atoms with van der Waals surface area (Å²) in [5, 5.41) is 0. The van der Waals surface area contributed by atoms with Gasteiger partial charge in [-0.2, -0.15) is 4.31 Å². The number of rotatable bonds is 3. The molecule has 21 heavy (non-hydrogen) atoms. The Morgan fingerprint density at radius 1 is 1.29 bits per heavy atom. The average Bonchev–Trinajstić information content (AvgIpc) is 3.02. The van der Waals surface area contributed by atoms with Crippen LogP contribution in [0.25, 0.3) is 0 Å². The highest BCUT2D eigenvalue weighted by Gasteiger charge is 2.42. The van der Waals surface area contributed by atoms with Crippen molar-refractivity contribution in [2.45, 2.75) is 17.6 Å². The molecule has 1 amide bonds. The van der Waals surface area contributed by atoms with E-state index in [0.29, 0.717) is 36.3 Å². The fourth-order valence-corrected chi connectivity index (χ4v) is 6.20. The zero-order valence-electron chi connectivity index (χ0n) is 11.7. The first-order valence-corrected chi connectivity index (χ1v) is 9.99. The molecule has 1 aromatic heterocycles. The van der Waals surface area contributed by atoms with Crippen molar-refractivity contribution in [1.29, 1.82) is 0 Å². The highest BCUT2D eigenvalue weighted by molar-refractivity contribution is 9.11. The molecule has 1 saturated heterocycles. The summed E-state index contributed by atoms with van der Waals surface area (Å²) < 4.78 is 27.6. The maximum Gasteiger partial charge on any atom is 0.252 e. The minimum atomic E-state index is -3.42. The highest BCUT2D eigenvalue weighted by Crippen LogP contribution is 2.39. The van der Waals surface area contributed by atoms with E-state index in [4.69, 9.17) is 0 Å². The summed E-state index contributed by atoms with van der Waals surface area (Å²) in [5.74, 6) is 0.850. The molecule has 0 bridgehead atoms. The first kappa shape index (κ1) is 15.5. The van der Waals surface area contributed by atoms with Gasteiger partial charge in [-0.1, -0.05) is 6.92 Å². The minimum Gasteiger partial charge on any atom is -0.340 e. The highest BCUT2D eigenvalue weighted by atomic mass is 79.9. The zero-order valence-corrected chi connectivity index (χ0v) is 14.9. The number of nitrogens with zero attached hydrogens (tertiary/aromatic N) is 2. The van der Waals surface area contributed by atoms with Crippen LogP contribution in [0.3, 0.4) is 0 Å². The molecule has 0 aromatic carbocycles. The van der Waals surface area contributed by atoms with Crippen LogP contribution in [0.5, 0.6) is 0 Å². The predicted octanol–water partition coefficient (Wildman–Crippen LogP) is 2.00. The SMILES string of the molecule is C[C@H]1C[C@@H]1C(=O)N1CCN(S(=O)(=O)c2ccc(Br)s2)CC1. The lowest BCUT2D eigenvalue weighted by atomic mass is 10.2. The third kappa shape index (κ3) is 3.04. The molecule has 8 heteroatoms. The summed E-state index contributed by atoms with van der Waals surface area (Å²) in [7, 11) is -3.42. The lowest BCUT2D eigenvalue weighted by Gasteiger charge is -2.33. The molecule has 2 atom stereocenters. The molecular formula is C13H17BrN2O3S2. The van der Waals surface area contributed by atoms with Crippen molar-refractivity contribution in [3.8, 4) is 0 Å². The van der Waals surface area contributed by atoms with E-state index in [1.165, 1.54) is 15.6 Å². The maximum absolute atomic E-state index is 12.5. The van der Waals surface area contributed by atoms with Gasteiger partial charge in [0.05, 0.1) is 3.79 Å². The quantitative estimate of drug-likeness (QED) is 0.790. The summed E-state index contributed by atoms with van der Waals surface area (Å²) in [4.78, 5) is 14.0. The standard InChI is InChI=1S/C13H17BrN2O3S2/c1-9-8-10(9)13(17)15-4-6-16(7-5-15)21(18,19)12-3-2-11(14)20-12/h2-3,9-10H,4-8H2,1H3/t9-,10-/m0/s1. The minimum absolute atomic E-state index is 0.168. The Labute approximate surface area is 137 Å². The Morgan fingerprint density at radius 2 is 1.90 bits per heavy atom. The van der Waals surface area contributed by atoms with Crippen LogP contribution >= 0.6 is 27.3 Å². The van der Waals surface area contributed by atoms with Crippen LogP contribution in [-0.2, 0) is 14.8 Å². The van der Waals surface area contributed by atoms with Crippen LogP contribution in [-0.4, -0.2) is 49.7 Å². The van der Waals surface area contributed by atoms with Gasteiger partial charge in [0.2, 0.25) is 5.91 Å². The number of sulfonamides is 1. The van der Waals surface area contributed by atoms with Crippen LogP contribution in [0.1, 0.15) is 13.3 Å². The molecule has 0 radical (unpaired) electrons. The van der Waals surface area contributed by atoms with E-state index in [0.717, 1.165) is 10.2 Å². The average molecular weight is 393 g/mol. The van der Waals surface area contributed by atoms with E-state index in [1.807, 2.05) is 4.90 Å². The van der Waals surface area contributed by atoms with Crippen molar-refractivity contribution < 1.29 is 13.2 Å². The number of amides is 1. The van der Waals surface area contributed by atoms with E-state index in [1.54, 1.807) is 12.1 Å². The van der Waals surface area contributed by atoms with Crippen LogP contribution < -0.4 is 0 Å². The van der Waals surface area contributed by atoms with Crippen molar-refractivity contribution in [3.05, 3.63) is 15.9 Å². The van der Waals surface area contributed by atoms with Crippen LogP contribution in [0.15, 0.2) is 20.1 Å². The van der Waals surface area contributed by atoms with Gasteiger partial charge in [-0.15, -0.1) is 11.3 Å². The summed E-state index contributed by atoms with van der Waals surface area (Å²) in [6.45, 7) is 3.83. The number of hydrogen-bond acceptors (Lipinski definition) is 4. The van der Waals surface area contributed by atoms with E-state index in [9.17, 15) is 13.2 Å². The van der Waals surface area contributed by atoms with Crippen molar-refractivity contribution in [3.63, 3.8) is 0 Å². The number of carbonyl (C=O) groups excluding carboxylic acids is 1. The number of piperazine rings is 1. The molecule has 3 rings (SSSR count). The Kier molecular flexibility index (Phi) is 4.15. The molecule has 2 fully saturated rings. The summed E-state index contributed by atoms with van der Waals surface area (Å²) in [6.07, 6.45) is 0.973. The predicted molar refractivity (Wildman–Crippen MR) is 84.6 cm³/mol. The van der Waals surface area contributed by atoms with E-state index >= 15 is 0 Å². The Hall–Kier alpha value is -0.440. The molecule has 1 aliphatic carbocycles. The molecule has 1 saturated carbocycles. The topological polar surface area (TPSA) is 57.7 Å². The van der Waals surface area contributed by atoms with Gasteiger partial charge < -0.3 is 4.90 Å². The Morgan fingerprint density at radius 3 is 2.38 bits per heavy atom. The second kappa shape index (κ2) is 5.64. The lowest BCUT2D eigenvalue weighted by Crippen LogP contribution is -2.50. The fourth-order valence-electron chi connectivity index (χ4n) is 2.61. The van der Waals surface area contributed by atoms with Gasteiger partial charge in [0.15, 0.2) is 0 Å². The molecule has 1 aliphatic heterocycles. The molecule has 0 unspecified atom stereocenters. The fraction of sp³-hybridized carbons (Fsp3) is 0.615. The van der Waals surface area contributed by atoms with Crippen LogP contribution in [0.4, 0.5) is 0 Å². The summed E-state index contributed by atoms with van der Waals surface area (Å²) >= 11 is 4.51. The monoisotopic (exact) mass is 392 g/mol. The van der Waals surface area contributed by atoms with Crippen LogP contribution in [0.2, 0.25) is 0 Å². The number of halogens is 1. The molecule has 0 N–H and O–H groups in total. The first-order chi connectivity index (χ1) is 9.89. The van der Waals surface area contributed by atoms with Gasteiger partial charge in [0.25, 0.3) is 10.0 Å². The number of hydrogen-bond donors (Lipinski definition) is 0. The second-order valence-corrected chi connectivity index (χ2v) is 10.2. The normalized spacial score (nSPS) is 26.9. The van der Waals surface area contributed by atoms with E-state index in [2.05, 4.69) is 22.9 Å². The molecular weight excluding hydrogens is 376 g/mol. The molecule has 116 valence electrons. The zero-order chi connectivity index (χ0) is 15.2. The van der Waals surface area contributed by atoms with Crippen LogP contribution in [0, 0.1) is 11.8 Å². The lowest BCUT2D eigenvalue weighted by molar-refractivity contribution is -0.134. The summed E-state index contributed by atoms with van der Waals surface area (Å²) in [6, 6.07) is 3.36. The first-order valence-electron chi connectivity index (χ1n) is 6.94. The van der Waals surface area contributed by atoms with Crippen molar-refractivity contribution in [2.24, 2.45) is 11.8 Å². The van der Waals surface area contributed by atoms with E-state index < -0.39 is 10.0 Å². The summed E-state index contributed by atoms with van der Waals surface area (Å²) in [5.41, 5.74) is 0. The van der Waals surface area contributed by atoms with Gasteiger partial charge in [-0.25, -0.2) is 8.42 Å². The van der Waals surface area contributed by atoms with Gasteiger partial charge in [0.1, 0.15) is 4.21 Å². The second-order valence-electron chi connectivity index (χ2n) is 5.61. The smallest absolute Gasteiger partial charge is 0.252 e. The maximum atomic E-state index is 12.5. The molecule has 5 nitrogen and oxygen atoms in total. The third-order valence-corrected chi connectivity index (χ3v) is 8.11. The van der Waals surface area contributed by atoms with Crippen molar-refractivity contribution >= 4 is 43.2 Å². The van der Waals surface area contributed by atoms with Gasteiger partial charge in [-0.05, 0) is 40.4 Å². The number of carbonyl (C=O) groups is 1.